The summed E-state index contributed by atoms with van der Waals surface area (Å²) in [4.78, 5) is 0. The predicted octanol–water partition coefficient (Wildman–Crippen LogP) is 1.46. The molecular weight excluding hydrogens is 140 g/mol. The first kappa shape index (κ1) is 7.32. The molecule has 0 bridgehead atoms. The van der Waals surface area contributed by atoms with Crippen LogP contribution in [0.3, 0.4) is 0 Å². The summed E-state index contributed by atoms with van der Waals surface area (Å²) in [6.07, 6.45) is 4.70. The van der Waals surface area contributed by atoms with Crippen molar-refractivity contribution in [2.24, 2.45) is 0 Å². The van der Waals surface area contributed by atoms with Gasteiger partial charge in [0, 0.05) is 0 Å². The molecule has 1 aliphatic rings. The average Bonchev–Trinajstić information content (AvgIpc) is 2.15. The number of ether oxygens (including phenoxy) is 1. The van der Waals surface area contributed by atoms with E-state index in [1.54, 1.807) is 0 Å². The summed E-state index contributed by atoms with van der Waals surface area (Å²) in [5.74, 6) is -1.10. The van der Waals surface area contributed by atoms with Gasteiger partial charge in [0.2, 0.25) is 5.75 Å². The minimum absolute atomic E-state index is 0.206. The lowest BCUT2D eigenvalue weighted by atomic mass is 10.3. The normalized spacial score (nSPS) is 24.7. The summed E-state index contributed by atoms with van der Waals surface area (Å²) >= 11 is 5.19. The lowest BCUT2D eigenvalue weighted by Gasteiger charge is -2.10. The molecule has 9 heavy (non-hydrogen) atoms. The predicted molar refractivity (Wildman–Crippen MR) is 35.2 cm³/mol. The van der Waals surface area contributed by atoms with E-state index in [0.29, 0.717) is 0 Å². The van der Waals surface area contributed by atoms with Gasteiger partial charge < -0.3 is 9.84 Å². The molecule has 0 saturated heterocycles. The molecule has 1 unspecified atom stereocenters. The molecule has 1 rings (SSSR count). The van der Waals surface area contributed by atoms with Crippen molar-refractivity contribution in [2.45, 2.75) is 37.5 Å². The first-order valence-electron chi connectivity index (χ1n) is 3.26. The van der Waals surface area contributed by atoms with Crippen molar-refractivity contribution in [3.63, 3.8) is 0 Å². The van der Waals surface area contributed by atoms with Gasteiger partial charge in [0.05, 0.1) is 6.10 Å². The molecule has 2 nitrogen and oxygen atoms in total. The first-order chi connectivity index (χ1) is 4.29. The van der Waals surface area contributed by atoms with E-state index in [9.17, 15) is 0 Å². The molecule has 0 spiro atoms. The summed E-state index contributed by atoms with van der Waals surface area (Å²) in [6, 6.07) is 0. The van der Waals surface area contributed by atoms with Crippen molar-refractivity contribution in [1.82, 2.24) is 0 Å². The molecule has 0 aromatic carbocycles. The molecule has 1 fully saturated rings. The third-order valence-corrected chi connectivity index (χ3v) is 1.71. The summed E-state index contributed by atoms with van der Waals surface area (Å²) in [5, 5.41) is 8.56. The van der Waals surface area contributed by atoms with Crippen molar-refractivity contribution in [1.29, 1.82) is 0 Å². The molecule has 3 heteroatoms. The van der Waals surface area contributed by atoms with Gasteiger partial charge in [-0.25, -0.2) is 0 Å². The van der Waals surface area contributed by atoms with Crippen LogP contribution in [0.5, 0.6) is 0 Å². The van der Waals surface area contributed by atoms with Gasteiger partial charge in [0.1, 0.15) is 0 Å². The van der Waals surface area contributed by atoms with Crippen LogP contribution in [0.2, 0.25) is 0 Å². The lowest BCUT2D eigenvalue weighted by molar-refractivity contribution is -0.0792. The molecule has 0 radical (unpaired) electrons. The van der Waals surface area contributed by atoms with Crippen molar-refractivity contribution in [3.05, 3.63) is 0 Å². The quantitative estimate of drug-likeness (QED) is 0.477. The van der Waals surface area contributed by atoms with Gasteiger partial charge in [-0.3, -0.25) is 0 Å². The second-order valence-electron chi connectivity index (χ2n) is 2.33. The Hall–Kier alpha value is 0.210. The SMILES string of the molecule is OC(Cl)OC1CCCC1. The fourth-order valence-corrected chi connectivity index (χ4v) is 1.33. The van der Waals surface area contributed by atoms with Gasteiger partial charge in [-0.2, -0.15) is 0 Å². The fourth-order valence-electron chi connectivity index (χ4n) is 1.18. The van der Waals surface area contributed by atoms with Gasteiger partial charge in [-0.15, -0.1) is 0 Å². The zero-order valence-corrected chi connectivity index (χ0v) is 5.97. The Balaban J connectivity index is 2.11. The van der Waals surface area contributed by atoms with Crippen LogP contribution in [-0.2, 0) is 4.74 Å². The topological polar surface area (TPSA) is 29.5 Å². The number of hydrogen-bond donors (Lipinski definition) is 1. The highest BCUT2D eigenvalue weighted by Gasteiger charge is 2.17. The molecular formula is C6H11ClO2. The molecule has 0 aliphatic heterocycles. The van der Waals surface area contributed by atoms with E-state index >= 15 is 0 Å². The van der Waals surface area contributed by atoms with Crippen LogP contribution >= 0.6 is 11.6 Å². The van der Waals surface area contributed by atoms with Gasteiger partial charge in [0.25, 0.3) is 0 Å². The number of aliphatic hydroxyl groups is 1. The number of aliphatic hydroxyl groups excluding tert-OH is 1. The van der Waals surface area contributed by atoms with Crippen LogP contribution in [0.1, 0.15) is 25.7 Å². The summed E-state index contributed by atoms with van der Waals surface area (Å²) in [6.45, 7) is 0. The maximum atomic E-state index is 8.56. The van der Waals surface area contributed by atoms with Gasteiger partial charge in [-0.05, 0) is 12.8 Å². The van der Waals surface area contributed by atoms with Crippen molar-refractivity contribution < 1.29 is 9.84 Å². The highest BCUT2D eigenvalue weighted by Crippen LogP contribution is 2.22. The third-order valence-electron chi connectivity index (χ3n) is 1.61. The van der Waals surface area contributed by atoms with E-state index in [0.717, 1.165) is 12.8 Å². The van der Waals surface area contributed by atoms with Gasteiger partial charge in [-0.1, -0.05) is 24.4 Å². The summed E-state index contributed by atoms with van der Waals surface area (Å²) in [5.41, 5.74) is 0. The van der Waals surface area contributed by atoms with Gasteiger partial charge in [0.15, 0.2) is 0 Å². The maximum absolute atomic E-state index is 8.56. The first-order valence-corrected chi connectivity index (χ1v) is 3.70. The van der Waals surface area contributed by atoms with Crippen LogP contribution in [0.4, 0.5) is 0 Å². The monoisotopic (exact) mass is 150 g/mol. The van der Waals surface area contributed by atoms with E-state index < -0.39 is 5.75 Å². The highest BCUT2D eigenvalue weighted by molar-refractivity contribution is 6.18. The molecule has 1 aliphatic carbocycles. The van der Waals surface area contributed by atoms with E-state index in [-0.39, 0.29) is 6.10 Å². The third kappa shape index (κ3) is 2.52. The molecule has 1 saturated carbocycles. The largest absolute Gasteiger partial charge is 0.356 e. The Labute approximate surface area is 59.8 Å². The minimum Gasteiger partial charge on any atom is -0.356 e. The van der Waals surface area contributed by atoms with E-state index in [2.05, 4.69) is 0 Å². The Morgan fingerprint density at radius 2 is 2.00 bits per heavy atom. The minimum atomic E-state index is -1.10. The van der Waals surface area contributed by atoms with E-state index in [1.165, 1.54) is 12.8 Å². The average molecular weight is 151 g/mol. The van der Waals surface area contributed by atoms with Crippen LogP contribution in [0.15, 0.2) is 0 Å². The van der Waals surface area contributed by atoms with E-state index in [4.69, 9.17) is 21.4 Å². The lowest BCUT2D eigenvalue weighted by Crippen LogP contribution is -2.13. The van der Waals surface area contributed by atoms with Crippen LogP contribution in [-0.4, -0.2) is 17.0 Å². The van der Waals surface area contributed by atoms with E-state index in [1.807, 2.05) is 0 Å². The molecule has 0 aromatic heterocycles. The highest BCUT2D eigenvalue weighted by atomic mass is 35.5. The second kappa shape index (κ2) is 3.40. The fraction of sp³-hybridized carbons (Fsp3) is 1.00. The van der Waals surface area contributed by atoms with Crippen LogP contribution in [0, 0.1) is 0 Å². The standard InChI is InChI=1S/C6H11ClO2/c7-6(8)9-5-3-1-2-4-5/h5-6,8H,1-4H2. The second-order valence-corrected chi connectivity index (χ2v) is 2.71. The molecule has 1 N–H and O–H groups in total. The zero-order valence-electron chi connectivity index (χ0n) is 5.22. The number of rotatable bonds is 2. The number of halogens is 1. The Morgan fingerprint density at radius 3 is 2.44 bits per heavy atom. The maximum Gasteiger partial charge on any atom is 0.234 e. The molecule has 0 aromatic rings. The Kier molecular flexibility index (Phi) is 2.76. The number of hydrogen-bond acceptors (Lipinski definition) is 2. The van der Waals surface area contributed by atoms with Crippen molar-refractivity contribution in [3.8, 4) is 0 Å². The van der Waals surface area contributed by atoms with Crippen LogP contribution < -0.4 is 0 Å². The molecule has 0 heterocycles. The summed E-state index contributed by atoms with van der Waals surface area (Å²) < 4.78 is 4.93. The Bertz CT molecular complexity index is 79.1. The molecule has 54 valence electrons. The van der Waals surface area contributed by atoms with Gasteiger partial charge >= 0.3 is 0 Å². The molecule has 1 atom stereocenters. The van der Waals surface area contributed by atoms with Crippen molar-refractivity contribution in [2.75, 3.05) is 0 Å². The Morgan fingerprint density at radius 1 is 1.44 bits per heavy atom. The van der Waals surface area contributed by atoms with Crippen LogP contribution in [0.25, 0.3) is 0 Å². The number of alkyl halides is 1. The smallest absolute Gasteiger partial charge is 0.234 e. The summed E-state index contributed by atoms with van der Waals surface area (Å²) in [7, 11) is 0. The zero-order chi connectivity index (χ0) is 6.69. The van der Waals surface area contributed by atoms with Crippen molar-refractivity contribution >= 4 is 11.6 Å². The molecule has 0 amide bonds.